The maximum absolute atomic E-state index is 10.3. The third kappa shape index (κ3) is 6.56. The Morgan fingerprint density at radius 3 is 1.85 bits per heavy atom. The van der Waals surface area contributed by atoms with Gasteiger partial charge in [0.05, 0.1) is 26.4 Å². The second kappa shape index (κ2) is 13.1. The lowest BCUT2D eigenvalue weighted by Gasteiger charge is -2.41. The Hall–Kier alpha value is -0.640. The van der Waals surface area contributed by atoms with Crippen LogP contribution in [0.25, 0.3) is 0 Å². The Kier molecular flexibility index (Phi) is 11.4. The molecule has 202 valence electrons. The van der Waals surface area contributed by atoms with Crippen molar-refractivity contribution in [2.75, 3.05) is 26.4 Å². The fraction of sp³-hybridized carbons (Fsp3) is 1.00. The summed E-state index contributed by atoms with van der Waals surface area (Å²) in [5, 5.41) is 117. The first-order valence-corrected chi connectivity index (χ1v) is 10.5. The zero-order valence-corrected chi connectivity index (χ0v) is 17.9. The molecule has 2 aliphatic heterocycles. The molecule has 0 saturated carbocycles. The van der Waals surface area contributed by atoms with Gasteiger partial charge in [-0.3, -0.25) is 0 Å². The fourth-order valence-corrected chi connectivity index (χ4v) is 3.55. The lowest BCUT2D eigenvalue weighted by Crippen LogP contribution is -2.61. The molecular weight excluding hydrogens is 472 g/mol. The summed E-state index contributed by atoms with van der Waals surface area (Å²) in [5.74, 6) is 0. The van der Waals surface area contributed by atoms with E-state index in [2.05, 4.69) is 0 Å². The zero-order chi connectivity index (χ0) is 25.7. The highest BCUT2D eigenvalue weighted by molar-refractivity contribution is 4.92. The van der Waals surface area contributed by atoms with E-state index in [1.807, 2.05) is 0 Å². The number of ether oxygens (including phenoxy) is 4. The monoisotopic (exact) mass is 506 g/mol. The Labute approximate surface area is 193 Å². The summed E-state index contributed by atoms with van der Waals surface area (Å²) in [6.07, 6.45) is -23.7. The molecule has 16 nitrogen and oxygen atoms in total. The summed E-state index contributed by atoms with van der Waals surface area (Å²) in [6.45, 7) is -3.26. The van der Waals surface area contributed by atoms with E-state index in [4.69, 9.17) is 24.1 Å². The highest BCUT2D eigenvalue weighted by Crippen LogP contribution is 2.26. The van der Waals surface area contributed by atoms with E-state index in [0.717, 1.165) is 0 Å². The predicted octanol–water partition coefficient (Wildman–Crippen LogP) is -7.94. The van der Waals surface area contributed by atoms with Crippen molar-refractivity contribution in [1.82, 2.24) is 0 Å². The van der Waals surface area contributed by atoms with Crippen LogP contribution in [-0.2, 0) is 18.9 Å². The van der Waals surface area contributed by atoms with Crippen LogP contribution in [0.3, 0.4) is 0 Å². The van der Waals surface area contributed by atoms with E-state index < -0.39 is 112 Å². The molecule has 2 rings (SSSR count). The van der Waals surface area contributed by atoms with Gasteiger partial charge < -0.3 is 80.2 Å². The van der Waals surface area contributed by atoms with E-state index in [0.29, 0.717) is 0 Å². The quantitative estimate of drug-likeness (QED) is 0.117. The Balaban J connectivity index is 1.93. The van der Waals surface area contributed by atoms with Crippen molar-refractivity contribution in [2.45, 2.75) is 85.8 Å². The summed E-state index contributed by atoms with van der Waals surface area (Å²) < 4.78 is 20.4. The molecular formula is C18H34O16. The number of aliphatic hydroxyl groups excluding tert-OH is 12. The van der Waals surface area contributed by atoms with Gasteiger partial charge in [0.1, 0.15) is 73.2 Å². The average molecular weight is 506 g/mol. The molecule has 0 aromatic rings. The number of hydrogen-bond donors (Lipinski definition) is 12. The molecule has 0 unspecified atom stereocenters. The van der Waals surface area contributed by atoms with Crippen LogP contribution >= 0.6 is 0 Å². The van der Waals surface area contributed by atoms with Gasteiger partial charge in [-0.2, -0.15) is 0 Å². The highest BCUT2D eigenvalue weighted by Gasteiger charge is 2.48. The van der Waals surface area contributed by atoms with Crippen LogP contribution < -0.4 is 0 Å². The first-order chi connectivity index (χ1) is 16.0. The molecule has 2 saturated heterocycles. The number of hydrogen-bond acceptors (Lipinski definition) is 16. The first kappa shape index (κ1) is 29.6. The van der Waals surface area contributed by atoms with Crippen molar-refractivity contribution in [3.05, 3.63) is 0 Å². The van der Waals surface area contributed by atoms with Gasteiger partial charge in [0.2, 0.25) is 0 Å². The van der Waals surface area contributed by atoms with Gasteiger partial charge in [0, 0.05) is 0 Å². The molecule has 0 amide bonds. The minimum atomic E-state index is -2.04. The second-order valence-corrected chi connectivity index (χ2v) is 8.14. The van der Waals surface area contributed by atoms with Crippen LogP contribution in [0.5, 0.6) is 0 Å². The molecule has 0 spiro atoms. The van der Waals surface area contributed by atoms with Gasteiger partial charge in [0.25, 0.3) is 0 Å². The van der Waals surface area contributed by atoms with Crippen molar-refractivity contribution < 1.29 is 80.2 Å². The van der Waals surface area contributed by atoms with Gasteiger partial charge in [-0.15, -0.1) is 0 Å². The van der Waals surface area contributed by atoms with Crippen LogP contribution in [0.15, 0.2) is 0 Å². The Morgan fingerprint density at radius 2 is 1.29 bits per heavy atom. The van der Waals surface area contributed by atoms with Crippen LogP contribution in [0.2, 0.25) is 0 Å². The van der Waals surface area contributed by atoms with E-state index in [1.54, 1.807) is 0 Å². The molecule has 0 radical (unpaired) electrons. The molecule has 34 heavy (non-hydrogen) atoms. The predicted molar refractivity (Wildman–Crippen MR) is 103 cm³/mol. The second-order valence-electron chi connectivity index (χ2n) is 8.14. The van der Waals surface area contributed by atoms with Crippen LogP contribution in [-0.4, -0.2) is 174 Å². The molecule has 0 aromatic carbocycles. The SMILES string of the molecule is OC[C@@H](O)[C@@H]1O[C@@H](OC[C@@H](O)[C@@H](O)[C@H](O)[C@@H](CO)O[C@H]2O[C@H](CO)[C@@H](O)[C@H](O)[C@@H]2O)[C@H](O)[C@H]1O. The van der Waals surface area contributed by atoms with Crippen molar-refractivity contribution in [3.63, 3.8) is 0 Å². The third-order valence-electron chi connectivity index (χ3n) is 5.72. The Morgan fingerprint density at radius 1 is 0.676 bits per heavy atom. The van der Waals surface area contributed by atoms with Crippen LogP contribution in [0.1, 0.15) is 0 Å². The maximum Gasteiger partial charge on any atom is 0.187 e. The fourth-order valence-electron chi connectivity index (χ4n) is 3.55. The number of rotatable bonds is 12. The standard InChI is InChI=1S/C18H34O16/c19-1-5(22)16-13(28)15(30)17(34-16)31-4-6(23)9(24)10(25)7(2-20)32-18-14(29)12(27)11(26)8(3-21)33-18/h5-30H,1-4H2/t5-,6-,7-,8-,9-,10-,11-,12+,13-,14+,15-,16+,17-,18+/m1/s1. The highest BCUT2D eigenvalue weighted by atomic mass is 16.7. The van der Waals surface area contributed by atoms with Crippen LogP contribution in [0, 0.1) is 0 Å². The Bertz CT molecular complexity index is 596. The van der Waals surface area contributed by atoms with Crippen molar-refractivity contribution in [1.29, 1.82) is 0 Å². The molecule has 14 atom stereocenters. The molecule has 0 aromatic heterocycles. The molecule has 2 aliphatic rings. The normalized spacial score (nSPS) is 41.1. The molecule has 2 heterocycles. The third-order valence-corrected chi connectivity index (χ3v) is 5.72. The summed E-state index contributed by atoms with van der Waals surface area (Å²) in [5.41, 5.74) is 0. The summed E-state index contributed by atoms with van der Waals surface area (Å²) in [6, 6.07) is 0. The number of aliphatic hydroxyl groups is 12. The van der Waals surface area contributed by atoms with E-state index in [9.17, 15) is 56.2 Å². The average Bonchev–Trinajstić information content (AvgIpc) is 3.12. The van der Waals surface area contributed by atoms with Gasteiger partial charge in [-0.05, 0) is 0 Å². The zero-order valence-electron chi connectivity index (χ0n) is 17.9. The molecule has 12 N–H and O–H groups in total. The van der Waals surface area contributed by atoms with E-state index in [1.165, 1.54) is 0 Å². The van der Waals surface area contributed by atoms with Crippen molar-refractivity contribution >= 4 is 0 Å². The lowest BCUT2D eigenvalue weighted by molar-refractivity contribution is -0.322. The van der Waals surface area contributed by atoms with Crippen molar-refractivity contribution in [3.8, 4) is 0 Å². The lowest BCUT2D eigenvalue weighted by atomic mass is 9.99. The topological polar surface area (TPSA) is 280 Å². The van der Waals surface area contributed by atoms with E-state index in [-0.39, 0.29) is 0 Å². The van der Waals surface area contributed by atoms with Gasteiger partial charge in [-0.25, -0.2) is 0 Å². The van der Waals surface area contributed by atoms with Gasteiger partial charge in [-0.1, -0.05) is 0 Å². The van der Waals surface area contributed by atoms with Crippen LogP contribution in [0.4, 0.5) is 0 Å². The maximum atomic E-state index is 10.3. The van der Waals surface area contributed by atoms with E-state index >= 15 is 0 Å². The first-order valence-electron chi connectivity index (χ1n) is 10.5. The van der Waals surface area contributed by atoms with Gasteiger partial charge >= 0.3 is 0 Å². The smallest absolute Gasteiger partial charge is 0.187 e. The molecule has 0 bridgehead atoms. The molecule has 0 aliphatic carbocycles. The van der Waals surface area contributed by atoms with Gasteiger partial charge in [0.15, 0.2) is 12.6 Å². The molecule has 2 fully saturated rings. The summed E-state index contributed by atoms with van der Waals surface area (Å²) in [7, 11) is 0. The van der Waals surface area contributed by atoms with Crippen molar-refractivity contribution in [2.24, 2.45) is 0 Å². The minimum absolute atomic E-state index is 0.754. The largest absolute Gasteiger partial charge is 0.394 e. The summed E-state index contributed by atoms with van der Waals surface area (Å²) in [4.78, 5) is 0. The minimum Gasteiger partial charge on any atom is -0.394 e. The summed E-state index contributed by atoms with van der Waals surface area (Å²) >= 11 is 0. The molecule has 16 heteroatoms.